The van der Waals surface area contributed by atoms with Gasteiger partial charge in [-0.2, -0.15) is 0 Å². The number of nitrogens with two attached hydrogens (primary N) is 3. The molecule has 102 valence electrons. The molecule has 0 spiro atoms. The van der Waals surface area contributed by atoms with Gasteiger partial charge in [0.05, 0.1) is 12.0 Å². The van der Waals surface area contributed by atoms with Gasteiger partial charge in [-0.25, -0.2) is 4.79 Å². The average Bonchev–Trinajstić information content (AvgIpc) is 2.98. The van der Waals surface area contributed by atoms with Gasteiger partial charge in [-0.3, -0.25) is 4.79 Å². The SMILES string of the molecule is COC(=O)c1cc(N)cs1.NC(=O)c1cc(N)cs1. The monoisotopic (exact) mass is 299 g/mol. The fourth-order valence-corrected chi connectivity index (χ4v) is 2.40. The second-order valence-corrected chi connectivity index (χ2v) is 5.17. The molecule has 0 saturated heterocycles. The minimum absolute atomic E-state index is 0.332. The van der Waals surface area contributed by atoms with Crippen LogP contribution in [0.3, 0.4) is 0 Å². The maximum atomic E-state index is 10.8. The zero-order valence-electron chi connectivity index (χ0n) is 10.1. The lowest BCUT2D eigenvalue weighted by Gasteiger charge is -1.90. The second-order valence-electron chi connectivity index (χ2n) is 3.34. The summed E-state index contributed by atoms with van der Waals surface area (Å²) in [6.07, 6.45) is 0. The number of carbonyl (C=O) groups is 2. The molecule has 19 heavy (non-hydrogen) atoms. The number of ether oxygens (including phenoxy) is 1. The van der Waals surface area contributed by atoms with Gasteiger partial charge in [0.15, 0.2) is 0 Å². The molecule has 2 aromatic rings. The van der Waals surface area contributed by atoms with Crippen molar-refractivity contribution >= 4 is 45.9 Å². The lowest BCUT2D eigenvalue weighted by Crippen LogP contribution is -2.08. The van der Waals surface area contributed by atoms with E-state index < -0.39 is 5.91 Å². The van der Waals surface area contributed by atoms with Gasteiger partial charge >= 0.3 is 5.97 Å². The first-order valence-electron chi connectivity index (χ1n) is 5.00. The van der Waals surface area contributed by atoms with E-state index >= 15 is 0 Å². The number of thiophene rings is 2. The van der Waals surface area contributed by atoms with Crippen LogP contribution < -0.4 is 17.2 Å². The molecule has 0 aromatic carbocycles. The smallest absolute Gasteiger partial charge is 0.348 e. The fourth-order valence-electron chi connectivity index (χ4n) is 1.04. The molecule has 6 nitrogen and oxygen atoms in total. The number of amides is 1. The third kappa shape index (κ3) is 4.60. The Kier molecular flexibility index (Phi) is 5.34. The van der Waals surface area contributed by atoms with Crippen molar-refractivity contribution in [3.63, 3.8) is 0 Å². The highest BCUT2D eigenvalue weighted by atomic mass is 32.1. The molecular formula is C11H13N3O3S2. The van der Waals surface area contributed by atoms with E-state index in [1.54, 1.807) is 22.9 Å². The molecule has 0 radical (unpaired) electrons. The van der Waals surface area contributed by atoms with Gasteiger partial charge < -0.3 is 21.9 Å². The molecule has 2 rings (SSSR count). The first kappa shape index (κ1) is 15.0. The molecule has 6 N–H and O–H groups in total. The van der Waals surface area contributed by atoms with Crippen molar-refractivity contribution in [3.05, 3.63) is 32.6 Å². The third-order valence-electron chi connectivity index (χ3n) is 1.87. The zero-order valence-corrected chi connectivity index (χ0v) is 11.7. The topological polar surface area (TPSA) is 121 Å². The van der Waals surface area contributed by atoms with Crippen molar-refractivity contribution in [2.75, 3.05) is 18.6 Å². The Morgan fingerprint density at radius 2 is 1.53 bits per heavy atom. The average molecular weight is 299 g/mol. The van der Waals surface area contributed by atoms with Gasteiger partial charge in [-0.05, 0) is 12.1 Å². The van der Waals surface area contributed by atoms with Gasteiger partial charge in [0.25, 0.3) is 5.91 Å². The molecule has 2 aromatic heterocycles. The maximum absolute atomic E-state index is 10.8. The van der Waals surface area contributed by atoms with Crippen LogP contribution in [0.15, 0.2) is 22.9 Å². The Labute approximate surface area is 117 Å². The van der Waals surface area contributed by atoms with Gasteiger partial charge in [0.2, 0.25) is 0 Å². The standard InChI is InChI=1S/C6H7NO2S.C5H6N2OS/c1-9-6(8)5-2-4(7)3-10-5;6-3-1-4(5(7)8)9-2-3/h2-3H,7H2,1H3;1-2H,6H2,(H2,7,8). The summed E-state index contributed by atoms with van der Waals surface area (Å²) in [7, 11) is 1.35. The van der Waals surface area contributed by atoms with Crippen LogP contribution in [0.2, 0.25) is 0 Å². The van der Waals surface area contributed by atoms with Gasteiger partial charge in [-0.1, -0.05) is 0 Å². The summed E-state index contributed by atoms with van der Waals surface area (Å²) in [6.45, 7) is 0. The zero-order chi connectivity index (χ0) is 14.4. The van der Waals surface area contributed by atoms with E-state index in [0.717, 1.165) is 0 Å². The van der Waals surface area contributed by atoms with Crippen molar-refractivity contribution in [1.29, 1.82) is 0 Å². The Morgan fingerprint density at radius 3 is 1.79 bits per heavy atom. The van der Waals surface area contributed by atoms with Crippen LogP contribution in [0.25, 0.3) is 0 Å². The van der Waals surface area contributed by atoms with Crippen LogP contribution in [0, 0.1) is 0 Å². The van der Waals surface area contributed by atoms with E-state index in [4.69, 9.17) is 17.2 Å². The molecule has 0 atom stereocenters. The van der Waals surface area contributed by atoms with Crippen molar-refractivity contribution in [2.45, 2.75) is 0 Å². The number of hydrogen-bond acceptors (Lipinski definition) is 7. The minimum Gasteiger partial charge on any atom is -0.465 e. The normalized spacial score (nSPS) is 9.32. The van der Waals surface area contributed by atoms with E-state index in [2.05, 4.69) is 4.74 Å². The number of esters is 1. The van der Waals surface area contributed by atoms with Crippen LogP contribution in [0.5, 0.6) is 0 Å². The number of anilines is 2. The highest BCUT2D eigenvalue weighted by molar-refractivity contribution is 7.12. The lowest BCUT2D eigenvalue weighted by atomic mass is 10.4. The largest absolute Gasteiger partial charge is 0.465 e. The van der Waals surface area contributed by atoms with Crippen LogP contribution in [0.4, 0.5) is 11.4 Å². The maximum Gasteiger partial charge on any atom is 0.348 e. The molecule has 8 heteroatoms. The number of rotatable bonds is 2. The molecule has 0 saturated carbocycles. The first-order valence-corrected chi connectivity index (χ1v) is 6.76. The molecule has 0 fully saturated rings. The number of hydrogen-bond donors (Lipinski definition) is 3. The van der Waals surface area contributed by atoms with Crippen LogP contribution in [0.1, 0.15) is 19.3 Å². The lowest BCUT2D eigenvalue weighted by molar-refractivity contribution is 0.0606. The van der Waals surface area contributed by atoms with E-state index in [1.165, 1.54) is 29.8 Å². The van der Waals surface area contributed by atoms with E-state index in [-0.39, 0.29) is 5.97 Å². The number of carbonyl (C=O) groups excluding carboxylic acids is 2. The Hall–Kier alpha value is -2.06. The van der Waals surface area contributed by atoms with Crippen LogP contribution in [-0.2, 0) is 4.74 Å². The Morgan fingerprint density at radius 1 is 1.05 bits per heavy atom. The molecular weight excluding hydrogens is 286 g/mol. The van der Waals surface area contributed by atoms with Crippen molar-refractivity contribution in [1.82, 2.24) is 0 Å². The highest BCUT2D eigenvalue weighted by Gasteiger charge is 2.06. The van der Waals surface area contributed by atoms with Gasteiger partial charge in [0, 0.05) is 22.1 Å². The Bertz CT molecular complexity index is 577. The van der Waals surface area contributed by atoms with Crippen LogP contribution >= 0.6 is 22.7 Å². The molecule has 2 heterocycles. The quantitative estimate of drug-likeness (QED) is 0.726. The van der Waals surface area contributed by atoms with Crippen molar-refractivity contribution in [3.8, 4) is 0 Å². The van der Waals surface area contributed by atoms with Gasteiger partial charge in [-0.15, -0.1) is 22.7 Å². The fraction of sp³-hybridized carbons (Fsp3) is 0.0909. The summed E-state index contributed by atoms with van der Waals surface area (Å²) < 4.78 is 4.47. The molecule has 0 aliphatic carbocycles. The minimum atomic E-state index is -0.420. The predicted octanol–water partition coefficient (Wildman–Crippen LogP) is 1.55. The summed E-state index contributed by atoms with van der Waals surface area (Å²) in [5.74, 6) is -0.751. The second kappa shape index (κ2) is 6.76. The van der Waals surface area contributed by atoms with Crippen molar-refractivity contribution < 1.29 is 14.3 Å². The van der Waals surface area contributed by atoms with Crippen molar-refractivity contribution in [2.24, 2.45) is 5.73 Å². The molecule has 1 amide bonds. The predicted molar refractivity (Wildman–Crippen MR) is 77.3 cm³/mol. The number of methoxy groups -OCH3 is 1. The summed E-state index contributed by atoms with van der Waals surface area (Å²) in [4.78, 5) is 22.2. The third-order valence-corrected chi connectivity index (χ3v) is 3.76. The van der Waals surface area contributed by atoms with E-state index in [1.807, 2.05) is 0 Å². The number of primary amides is 1. The summed E-state index contributed by atoms with van der Waals surface area (Å²) in [6, 6.07) is 3.16. The first-order chi connectivity index (χ1) is 8.93. The summed E-state index contributed by atoms with van der Waals surface area (Å²) in [5.41, 5.74) is 16.8. The van der Waals surface area contributed by atoms with E-state index in [9.17, 15) is 9.59 Å². The highest BCUT2D eigenvalue weighted by Crippen LogP contribution is 2.16. The summed E-state index contributed by atoms with van der Waals surface area (Å²) in [5, 5.41) is 3.38. The molecule has 0 aliphatic heterocycles. The number of nitrogen functional groups attached to an aromatic ring is 2. The molecule has 0 unspecified atom stereocenters. The summed E-state index contributed by atoms with van der Waals surface area (Å²) >= 11 is 2.54. The van der Waals surface area contributed by atoms with Crippen LogP contribution in [-0.4, -0.2) is 19.0 Å². The Balaban J connectivity index is 0.000000191. The van der Waals surface area contributed by atoms with E-state index in [0.29, 0.717) is 21.1 Å². The molecule has 0 aliphatic rings. The molecule has 0 bridgehead atoms. The van der Waals surface area contributed by atoms with Gasteiger partial charge in [0.1, 0.15) is 4.88 Å².